The van der Waals surface area contributed by atoms with Gasteiger partial charge in [0.25, 0.3) is 0 Å². The smallest absolute Gasteiger partial charge is 0.0573 e. The summed E-state index contributed by atoms with van der Waals surface area (Å²) in [6.45, 7) is 4.28. The van der Waals surface area contributed by atoms with Crippen molar-refractivity contribution in [2.45, 2.75) is 45.6 Å². The lowest BCUT2D eigenvalue weighted by Gasteiger charge is -2.10. The van der Waals surface area contributed by atoms with Crippen LogP contribution in [0, 0.1) is 6.92 Å². The lowest BCUT2D eigenvalue weighted by molar-refractivity contribution is 0.570. The Morgan fingerprint density at radius 2 is 2.21 bits per heavy atom. The number of rotatable bonds is 5. The minimum absolute atomic E-state index is 0.112. The molecule has 2 nitrogen and oxygen atoms in total. The monoisotopic (exact) mass is 192 g/mol. The van der Waals surface area contributed by atoms with Gasteiger partial charge in [-0.15, -0.1) is 0 Å². The van der Waals surface area contributed by atoms with Crippen molar-refractivity contribution in [2.75, 3.05) is 0 Å². The number of hydrogen-bond acceptors (Lipinski definition) is 2. The van der Waals surface area contributed by atoms with Crippen molar-refractivity contribution in [1.29, 1.82) is 0 Å². The van der Waals surface area contributed by atoms with E-state index >= 15 is 0 Å². The van der Waals surface area contributed by atoms with E-state index in [1.165, 1.54) is 24.8 Å². The first kappa shape index (κ1) is 11.2. The van der Waals surface area contributed by atoms with E-state index in [1.54, 1.807) is 0 Å². The Bertz CT molecular complexity index is 271. The van der Waals surface area contributed by atoms with Crippen molar-refractivity contribution in [3.8, 4) is 0 Å². The molecule has 1 aromatic heterocycles. The minimum atomic E-state index is 0.112. The molecule has 14 heavy (non-hydrogen) atoms. The summed E-state index contributed by atoms with van der Waals surface area (Å²) in [5.74, 6) is 0. The number of nitrogens with two attached hydrogens (primary N) is 1. The normalized spacial score (nSPS) is 12.8. The lowest BCUT2D eigenvalue weighted by atomic mass is 10.0. The molecule has 0 aliphatic carbocycles. The molecular weight excluding hydrogens is 172 g/mol. The summed E-state index contributed by atoms with van der Waals surface area (Å²) in [5, 5.41) is 0. The van der Waals surface area contributed by atoms with Crippen LogP contribution in [0.25, 0.3) is 0 Å². The van der Waals surface area contributed by atoms with Crippen LogP contribution in [-0.2, 0) is 0 Å². The number of pyridine rings is 1. The van der Waals surface area contributed by atoms with Gasteiger partial charge in [0.1, 0.15) is 0 Å². The van der Waals surface area contributed by atoms with Crippen LogP contribution >= 0.6 is 0 Å². The Labute approximate surface area is 86.5 Å². The van der Waals surface area contributed by atoms with Gasteiger partial charge in [0.05, 0.1) is 5.69 Å². The fourth-order valence-electron chi connectivity index (χ4n) is 1.52. The molecule has 1 rings (SSSR count). The molecule has 0 spiro atoms. The van der Waals surface area contributed by atoms with Crippen molar-refractivity contribution in [3.63, 3.8) is 0 Å². The van der Waals surface area contributed by atoms with Crippen LogP contribution in [0.2, 0.25) is 0 Å². The maximum Gasteiger partial charge on any atom is 0.0573 e. The average Bonchev–Trinajstić information content (AvgIpc) is 2.18. The molecule has 0 radical (unpaired) electrons. The molecule has 0 aliphatic rings. The highest BCUT2D eigenvalue weighted by Gasteiger charge is 2.06. The molecule has 2 N–H and O–H groups in total. The zero-order valence-corrected chi connectivity index (χ0v) is 9.16. The molecular formula is C12H20N2. The average molecular weight is 192 g/mol. The van der Waals surface area contributed by atoms with Gasteiger partial charge in [0.15, 0.2) is 0 Å². The summed E-state index contributed by atoms with van der Waals surface area (Å²) in [6, 6.07) is 4.19. The van der Waals surface area contributed by atoms with Crippen LogP contribution in [0.15, 0.2) is 18.3 Å². The van der Waals surface area contributed by atoms with E-state index in [2.05, 4.69) is 24.9 Å². The molecule has 1 atom stereocenters. The second kappa shape index (κ2) is 5.76. The second-order valence-electron chi connectivity index (χ2n) is 3.86. The number of unbranched alkanes of at least 4 members (excludes halogenated alkanes) is 2. The fraction of sp³-hybridized carbons (Fsp3) is 0.583. The number of nitrogens with zero attached hydrogens (tertiary/aromatic N) is 1. The first-order valence-corrected chi connectivity index (χ1v) is 5.42. The Kier molecular flexibility index (Phi) is 4.60. The van der Waals surface area contributed by atoms with E-state index < -0.39 is 0 Å². The molecule has 1 unspecified atom stereocenters. The van der Waals surface area contributed by atoms with Gasteiger partial charge in [-0.1, -0.05) is 26.2 Å². The van der Waals surface area contributed by atoms with E-state index in [4.69, 9.17) is 5.73 Å². The van der Waals surface area contributed by atoms with E-state index in [0.29, 0.717) is 0 Å². The van der Waals surface area contributed by atoms with Gasteiger partial charge in [-0.2, -0.15) is 0 Å². The zero-order chi connectivity index (χ0) is 10.4. The van der Waals surface area contributed by atoms with Gasteiger partial charge < -0.3 is 5.73 Å². The second-order valence-corrected chi connectivity index (χ2v) is 3.86. The van der Waals surface area contributed by atoms with Gasteiger partial charge in [-0.05, 0) is 31.0 Å². The molecule has 0 saturated heterocycles. The molecule has 0 saturated carbocycles. The third-order valence-corrected chi connectivity index (χ3v) is 2.44. The lowest BCUT2D eigenvalue weighted by Crippen LogP contribution is -2.11. The zero-order valence-electron chi connectivity index (χ0n) is 9.16. The highest BCUT2D eigenvalue weighted by atomic mass is 14.8. The van der Waals surface area contributed by atoms with Crippen LogP contribution in [0.4, 0.5) is 0 Å². The standard InChI is InChI=1S/C12H20N2/c1-3-4-5-6-11(13)12-9-10(2)7-8-14-12/h7-9,11H,3-6,13H2,1-2H3. The molecule has 0 amide bonds. The summed E-state index contributed by atoms with van der Waals surface area (Å²) in [7, 11) is 0. The summed E-state index contributed by atoms with van der Waals surface area (Å²) in [4.78, 5) is 4.29. The maximum absolute atomic E-state index is 6.04. The van der Waals surface area contributed by atoms with E-state index in [9.17, 15) is 0 Å². The first-order chi connectivity index (χ1) is 6.74. The Morgan fingerprint density at radius 3 is 2.86 bits per heavy atom. The van der Waals surface area contributed by atoms with Gasteiger partial charge >= 0.3 is 0 Å². The SMILES string of the molecule is CCCCCC(N)c1cc(C)ccn1. The molecule has 0 bridgehead atoms. The molecule has 1 heterocycles. The summed E-state index contributed by atoms with van der Waals surface area (Å²) in [6.07, 6.45) is 6.59. The van der Waals surface area contributed by atoms with Gasteiger partial charge in [-0.25, -0.2) is 0 Å². The summed E-state index contributed by atoms with van der Waals surface area (Å²) < 4.78 is 0. The number of aromatic nitrogens is 1. The number of hydrogen-bond donors (Lipinski definition) is 1. The molecule has 1 aromatic rings. The van der Waals surface area contributed by atoms with Crippen LogP contribution in [0.1, 0.15) is 49.9 Å². The van der Waals surface area contributed by atoms with Crippen molar-refractivity contribution in [2.24, 2.45) is 5.73 Å². The van der Waals surface area contributed by atoms with Crippen molar-refractivity contribution < 1.29 is 0 Å². The van der Waals surface area contributed by atoms with Gasteiger partial charge in [-0.3, -0.25) is 4.98 Å². The van der Waals surface area contributed by atoms with Gasteiger partial charge in [0, 0.05) is 12.2 Å². The minimum Gasteiger partial charge on any atom is -0.323 e. The predicted molar refractivity (Wildman–Crippen MR) is 60.0 cm³/mol. The van der Waals surface area contributed by atoms with Crippen LogP contribution in [0.5, 0.6) is 0 Å². The van der Waals surface area contributed by atoms with Gasteiger partial charge in [0.2, 0.25) is 0 Å². The Morgan fingerprint density at radius 1 is 1.43 bits per heavy atom. The summed E-state index contributed by atoms with van der Waals surface area (Å²) >= 11 is 0. The molecule has 2 heteroatoms. The predicted octanol–water partition coefficient (Wildman–Crippen LogP) is 2.97. The van der Waals surface area contributed by atoms with E-state index in [-0.39, 0.29) is 6.04 Å². The van der Waals surface area contributed by atoms with Crippen molar-refractivity contribution in [1.82, 2.24) is 4.98 Å². The molecule has 0 aromatic carbocycles. The molecule has 78 valence electrons. The van der Waals surface area contributed by atoms with Crippen LogP contribution < -0.4 is 5.73 Å². The van der Waals surface area contributed by atoms with E-state index in [1.807, 2.05) is 12.3 Å². The number of aryl methyl sites for hydroxylation is 1. The third-order valence-electron chi connectivity index (χ3n) is 2.44. The molecule has 0 fully saturated rings. The van der Waals surface area contributed by atoms with Crippen LogP contribution in [0.3, 0.4) is 0 Å². The first-order valence-electron chi connectivity index (χ1n) is 5.42. The Balaban J connectivity index is 2.47. The topological polar surface area (TPSA) is 38.9 Å². The highest BCUT2D eigenvalue weighted by molar-refractivity contribution is 5.16. The van der Waals surface area contributed by atoms with Crippen molar-refractivity contribution >= 4 is 0 Å². The largest absolute Gasteiger partial charge is 0.323 e. The maximum atomic E-state index is 6.04. The highest BCUT2D eigenvalue weighted by Crippen LogP contribution is 2.15. The summed E-state index contributed by atoms with van der Waals surface area (Å²) in [5.41, 5.74) is 8.31. The molecule has 0 aliphatic heterocycles. The Hall–Kier alpha value is -0.890. The van der Waals surface area contributed by atoms with Crippen molar-refractivity contribution in [3.05, 3.63) is 29.6 Å². The fourth-order valence-corrected chi connectivity index (χ4v) is 1.52. The van der Waals surface area contributed by atoms with Crippen LogP contribution in [-0.4, -0.2) is 4.98 Å². The third kappa shape index (κ3) is 3.46. The van der Waals surface area contributed by atoms with E-state index in [0.717, 1.165) is 12.1 Å². The quantitative estimate of drug-likeness (QED) is 0.728.